The lowest BCUT2D eigenvalue weighted by Gasteiger charge is -2.25. The maximum absolute atomic E-state index is 14.0. The molecule has 1 heterocycles. The molecular formula is C33H30N4O3. The molecule has 3 amide bonds. The van der Waals surface area contributed by atoms with Crippen LogP contribution in [0.5, 0.6) is 0 Å². The van der Waals surface area contributed by atoms with Crippen LogP contribution < -0.4 is 15.5 Å². The number of ketones is 1. The molecule has 0 spiro atoms. The van der Waals surface area contributed by atoms with Crippen LogP contribution in [0.15, 0.2) is 108 Å². The first kappa shape index (κ1) is 26.6. The van der Waals surface area contributed by atoms with E-state index in [0.29, 0.717) is 29.1 Å². The fourth-order valence-electron chi connectivity index (χ4n) is 4.79. The SMILES string of the molecule is Cc1ccccc1CNC(=O)N[C@@H]1N=C(c2ccccc2)c2ccccc2N(CC(=O)c2ccccc2C)C1=O. The van der Waals surface area contributed by atoms with Gasteiger partial charge in [-0.1, -0.05) is 97.1 Å². The summed E-state index contributed by atoms with van der Waals surface area (Å²) >= 11 is 0. The van der Waals surface area contributed by atoms with Gasteiger partial charge in [0.05, 0.1) is 17.9 Å². The van der Waals surface area contributed by atoms with Crippen molar-refractivity contribution in [2.45, 2.75) is 26.6 Å². The number of amides is 3. The summed E-state index contributed by atoms with van der Waals surface area (Å²) in [5, 5.41) is 5.58. The lowest BCUT2D eigenvalue weighted by Crippen LogP contribution is -2.51. The van der Waals surface area contributed by atoms with Gasteiger partial charge < -0.3 is 15.5 Å². The molecule has 0 aromatic heterocycles. The molecule has 0 saturated heterocycles. The van der Waals surface area contributed by atoms with Gasteiger partial charge in [0.15, 0.2) is 5.78 Å². The van der Waals surface area contributed by atoms with Gasteiger partial charge in [-0.15, -0.1) is 0 Å². The number of nitrogens with zero attached hydrogens (tertiary/aromatic N) is 2. The lowest BCUT2D eigenvalue weighted by molar-refractivity contribution is -0.120. The number of para-hydroxylation sites is 1. The van der Waals surface area contributed by atoms with E-state index < -0.39 is 18.1 Å². The van der Waals surface area contributed by atoms with E-state index in [1.807, 2.05) is 98.8 Å². The lowest BCUT2D eigenvalue weighted by atomic mass is 9.99. The second-order valence-corrected chi connectivity index (χ2v) is 9.68. The van der Waals surface area contributed by atoms with E-state index in [-0.39, 0.29) is 12.3 Å². The smallest absolute Gasteiger partial charge is 0.317 e. The molecule has 7 nitrogen and oxygen atoms in total. The molecule has 4 aromatic rings. The Kier molecular flexibility index (Phi) is 7.82. The van der Waals surface area contributed by atoms with Gasteiger partial charge in [-0.25, -0.2) is 9.79 Å². The number of benzene rings is 4. The molecule has 0 bridgehead atoms. The Bertz CT molecular complexity index is 1600. The average molecular weight is 531 g/mol. The van der Waals surface area contributed by atoms with Crippen molar-refractivity contribution in [2.75, 3.05) is 11.4 Å². The van der Waals surface area contributed by atoms with Crippen molar-refractivity contribution >= 4 is 29.1 Å². The van der Waals surface area contributed by atoms with Crippen LogP contribution in [0.3, 0.4) is 0 Å². The Morgan fingerprint density at radius 1 is 0.800 bits per heavy atom. The molecule has 1 aliphatic rings. The minimum Gasteiger partial charge on any atom is -0.334 e. The summed E-state index contributed by atoms with van der Waals surface area (Å²) in [5.41, 5.74) is 5.99. The molecule has 0 fully saturated rings. The maximum Gasteiger partial charge on any atom is 0.317 e. The number of urea groups is 1. The number of fused-ring (bicyclic) bond motifs is 1. The number of Topliss-reactive ketones (excluding diaryl/α,β-unsaturated/α-hetero) is 1. The fraction of sp³-hybridized carbons (Fsp3) is 0.152. The predicted octanol–water partition coefficient (Wildman–Crippen LogP) is 5.20. The molecule has 0 radical (unpaired) electrons. The van der Waals surface area contributed by atoms with E-state index in [4.69, 9.17) is 4.99 Å². The third-order valence-electron chi connectivity index (χ3n) is 6.97. The highest BCUT2D eigenvalue weighted by Gasteiger charge is 2.34. The van der Waals surface area contributed by atoms with Gasteiger partial charge >= 0.3 is 6.03 Å². The van der Waals surface area contributed by atoms with Crippen LogP contribution in [0.25, 0.3) is 0 Å². The molecule has 0 unspecified atom stereocenters. The summed E-state index contributed by atoms with van der Waals surface area (Å²) in [7, 11) is 0. The molecule has 40 heavy (non-hydrogen) atoms. The topological polar surface area (TPSA) is 90.9 Å². The maximum atomic E-state index is 14.0. The number of carbonyl (C=O) groups is 3. The number of benzodiazepines with no additional fused rings is 1. The Hall–Kier alpha value is -5.04. The monoisotopic (exact) mass is 530 g/mol. The standard InChI is InChI=1S/C33H30N4O3/c1-22-12-6-8-16-25(22)20-34-33(40)36-31-32(39)37(21-29(38)26-17-9-7-13-23(26)2)28-19-11-10-18-27(28)30(35-31)24-14-4-3-5-15-24/h3-19,31H,20-21H2,1-2H3,(H2,34,36,40)/t31-/m0/s1. The van der Waals surface area contributed by atoms with Gasteiger partial charge in [0.25, 0.3) is 5.91 Å². The molecule has 5 rings (SSSR count). The molecule has 1 aliphatic heterocycles. The van der Waals surface area contributed by atoms with Crippen molar-refractivity contribution in [3.05, 3.63) is 137 Å². The summed E-state index contributed by atoms with van der Waals surface area (Å²) in [5.74, 6) is -0.696. The number of carbonyl (C=O) groups excluding carboxylic acids is 3. The van der Waals surface area contributed by atoms with E-state index in [1.165, 1.54) is 4.90 Å². The summed E-state index contributed by atoms with van der Waals surface area (Å²) in [6.45, 7) is 3.94. The molecular weight excluding hydrogens is 500 g/mol. The first-order chi connectivity index (χ1) is 19.4. The largest absolute Gasteiger partial charge is 0.334 e. The molecule has 0 saturated carbocycles. The molecule has 1 atom stereocenters. The van der Waals surface area contributed by atoms with Crippen molar-refractivity contribution in [1.82, 2.24) is 10.6 Å². The van der Waals surface area contributed by atoms with Gasteiger partial charge in [-0.2, -0.15) is 0 Å². The molecule has 2 N–H and O–H groups in total. The van der Waals surface area contributed by atoms with E-state index in [9.17, 15) is 14.4 Å². The fourth-order valence-corrected chi connectivity index (χ4v) is 4.79. The molecule has 7 heteroatoms. The van der Waals surface area contributed by atoms with Crippen LogP contribution in [0, 0.1) is 13.8 Å². The van der Waals surface area contributed by atoms with Crippen molar-refractivity contribution in [2.24, 2.45) is 4.99 Å². The quantitative estimate of drug-likeness (QED) is 0.322. The third kappa shape index (κ3) is 5.68. The number of anilines is 1. The molecule has 4 aromatic carbocycles. The normalized spacial score (nSPS) is 14.6. The zero-order valence-corrected chi connectivity index (χ0v) is 22.4. The highest BCUT2D eigenvalue weighted by Crippen LogP contribution is 2.28. The minimum atomic E-state index is -1.25. The van der Waals surface area contributed by atoms with Gasteiger partial charge in [0.1, 0.15) is 0 Å². The van der Waals surface area contributed by atoms with E-state index in [0.717, 1.165) is 22.3 Å². The number of aliphatic imine (C=N–C) groups is 1. The number of hydrogen-bond acceptors (Lipinski definition) is 4. The number of aryl methyl sites for hydroxylation is 2. The van der Waals surface area contributed by atoms with Crippen LogP contribution in [0.2, 0.25) is 0 Å². The van der Waals surface area contributed by atoms with Crippen LogP contribution >= 0.6 is 0 Å². The van der Waals surface area contributed by atoms with Crippen LogP contribution in [-0.4, -0.2) is 36.1 Å². The number of nitrogens with one attached hydrogen (secondary N) is 2. The second-order valence-electron chi connectivity index (χ2n) is 9.68. The van der Waals surface area contributed by atoms with E-state index >= 15 is 0 Å². The number of rotatable bonds is 7. The van der Waals surface area contributed by atoms with Gasteiger partial charge in [-0.05, 0) is 36.6 Å². The van der Waals surface area contributed by atoms with E-state index in [2.05, 4.69) is 10.6 Å². The molecule has 0 aliphatic carbocycles. The zero-order chi connectivity index (χ0) is 28.1. The van der Waals surface area contributed by atoms with Crippen molar-refractivity contribution in [3.8, 4) is 0 Å². The van der Waals surface area contributed by atoms with Gasteiger partial charge in [0, 0.05) is 23.2 Å². The van der Waals surface area contributed by atoms with Crippen molar-refractivity contribution < 1.29 is 14.4 Å². The van der Waals surface area contributed by atoms with Crippen LogP contribution in [0.1, 0.15) is 38.2 Å². The number of hydrogen-bond donors (Lipinski definition) is 2. The summed E-state index contributed by atoms with van der Waals surface area (Å²) < 4.78 is 0. The summed E-state index contributed by atoms with van der Waals surface area (Å²) in [4.78, 5) is 46.7. The Morgan fingerprint density at radius 2 is 1.45 bits per heavy atom. The predicted molar refractivity (Wildman–Crippen MR) is 157 cm³/mol. The summed E-state index contributed by atoms with van der Waals surface area (Å²) in [6.07, 6.45) is -1.25. The average Bonchev–Trinajstić information content (AvgIpc) is 3.08. The first-order valence-corrected chi connectivity index (χ1v) is 13.1. The molecule has 200 valence electrons. The highest BCUT2D eigenvalue weighted by atomic mass is 16.2. The minimum absolute atomic E-state index is 0.193. The Morgan fingerprint density at radius 3 is 2.20 bits per heavy atom. The first-order valence-electron chi connectivity index (χ1n) is 13.1. The Labute approximate surface area is 233 Å². The van der Waals surface area contributed by atoms with Crippen LogP contribution in [0.4, 0.5) is 10.5 Å². The van der Waals surface area contributed by atoms with Gasteiger partial charge in [-0.3, -0.25) is 9.59 Å². The Balaban J connectivity index is 1.50. The second kappa shape index (κ2) is 11.8. The van der Waals surface area contributed by atoms with E-state index in [1.54, 1.807) is 18.2 Å². The van der Waals surface area contributed by atoms with Crippen LogP contribution in [-0.2, 0) is 11.3 Å². The summed E-state index contributed by atoms with van der Waals surface area (Å²) in [6, 6.07) is 31.4. The van der Waals surface area contributed by atoms with Crippen molar-refractivity contribution in [1.29, 1.82) is 0 Å². The third-order valence-corrected chi connectivity index (χ3v) is 6.97. The highest BCUT2D eigenvalue weighted by molar-refractivity contribution is 6.21. The van der Waals surface area contributed by atoms with Gasteiger partial charge in [0.2, 0.25) is 6.17 Å². The van der Waals surface area contributed by atoms with Crippen molar-refractivity contribution in [3.63, 3.8) is 0 Å². The zero-order valence-electron chi connectivity index (χ0n) is 22.4.